The van der Waals surface area contributed by atoms with Gasteiger partial charge in [0.2, 0.25) is 10.0 Å². The summed E-state index contributed by atoms with van der Waals surface area (Å²) in [4.78, 5) is 4.34. The molecule has 27 heavy (non-hydrogen) atoms. The Balaban J connectivity index is 1.56. The minimum atomic E-state index is -3.62. The SMILES string of the molecule is NC(=NCCNS(=O)(=O)c1cccc(Cl)c1)Nc1cccc2c1CCCC2. The fourth-order valence-corrected chi connectivity index (χ4v) is 4.47. The Labute approximate surface area is 164 Å². The molecule has 0 aromatic heterocycles. The van der Waals surface area contributed by atoms with E-state index < -0.39 is 10.0 Å². The summed E-state index contributed by atoms with van der Waals surface area (Å²) in [6, 6.07) is 12.3. The van der Waals surface area contributed by atoms with E-state index in [1.54, 1.807) is 12.1 Å². The van der Waals surface area contributed by atoms with Crippen molar-refractivity contribution in [2.24, 2.45) is 10.7 Å². The first-order chi connectivity index (χ1) is 13.0. The number of aryl methyl sites for hydroxylation is 1. The van der Waals surface area contributed by atoms with E-state index in [1.807, 2.05) is 12.1 Å². The summed E-state index contributed by atoms with van der Waals surface area (Å²) in [6.45, 7) is 0.373. The van der Waals surface area contributed by atoms with Crippen LogP contribution in [0.25, 0.3) is 0 Å². The molecule has 1 aliphatic rings. The summed E-state index contributed by atoms with van der Waals surface area (Å²) in [5.74, 6) is 0.274. The number of aliphatic imine (C=N–C) groups is 1. The summed E-state index contributed by atoms with van der Waals surface area (Å²) >= 11 is 5.84. The number of nitrogens with zero attached hydrogens (tertiary/aromatic N) is 1. The van der Waals surface area contributed by atoms with Gasteiger partial charge in [-0.15, -0.1) is 0 Å². The molecule has 0 amide bonds. The van der Waals surface area contributed by atoms with Gasteiger partial charge in [-0.1, -0.05) is 29.8 Å². The summed E-state index contributed by atoms with van der Waals surface area (Å²) in [7, 11) is -3.62. The van der Waals surface area contributed by atoms with Crippen LogP contribution in [0, 0.1) is 0 Å². The minimum Gasteiger partial charge on any atom is -0.370 e. The van der Waals surface area contributed by atoms with Gasteiger partial charge in [-0.3, -0.25) is 4.99 Å². The second-order valence-corrected chi connectivity index (χ2v) is 8.60. The normalized spacial score (nSPS) is 14.6. The third-order valence-electron chi connectivity index (χ3n) is 4.45. The fraction of sp³-hybridized carbons (Fsp3) is 0.316. The molecule has 2 aromatic carbocycles. The smallest absolute Gasteiger partial charge is 0.240 e. The monoisotopic (exact) mass is 406 g/mol. The number of hydrogen-bond donors (Lipinski definition) is 3. The predicted molar refractivity (Wildman–Crippen MR) is 110 cm³/mol. The average molecular weight is 407 g/mol. The lowest BCUT2D eigenvalue weighted by atomic mass is 9.90. The maximum Gasteiger partial charge on any atom is 0.240 e. The topological polar surface area (TPSA) is 96.6 Å². The number of halogens is 1. The lowest BCUT2D eigenvalue weighted by Crippen LogP contribution is -2.29. The van der Waals surface area contributed by atoms with Crippen LogP contribution in [0.4, 0.5) is 5.69 Å². The number of nitrogens with two attached hydrogens (primary N) is 1. The van der Waals surface area contributed by atoms with E-state index in [2.05, 4.69) is 21.1 Å². The van der Waals surface area contributed by atoms with Crippen molar-refractivity contribution in [1.29, 1.82) is 0 Å². The van der Waals surface area contributed by atoms with Crippen LogP contribution >= 0.6 is 11.6 Å². The van der Waals surface area contributed by atoms with Crippen molar-refractivity contribution >= 4 is 33.3 Å². The highest BCUT2D eigenvalue weighted by molar-refractivity contribution is 7.89. The molecule has 0 aliphatic heterocycles. The molecule has 0 heterocycles. The van der Waals surface area contributed by atoms with E-state index in [4.69, 9.17) is 17.3 Å². The molecule has 1 aliphatic carbocycles. The van der Waals surface area contributed by atoms with Crippen molar-refractivity contribution < 1.29 is 8.42 Å². The molecule has 0 spiro atoms. The summed E-state index contributed by atoms with van der Waals surface area (Å²) in [6.07, 6.45) is 4.51. The standard InChI is InChI=1S/C19H23ClN4O2S/c20-15-7-4-8-16(13-15)27(25,26)23-12-11-22-19(21)24-18-10-3-6-14-5-1-2-9-17(14)18/h3-4,6-8,10,13,23H,1-2,5,9,11-12H2,(H3,21,22,24). The molecule has 8 heteroatoms. The Kier molecular flexibility index (Phi) is 6.36. The molecule has 4 N–H and O–H groups in total. The number of guanidine groups is 1. The zero-order valence-electron chi connectivity index (χ0n) is 14.9. The highest BCUT2D eigenvalue weighted by atomic mass is 35.5. The van der Waals surface area contributed by atoms with Gasteiger partial charge in [0.05, 0.1) is 11.4 Å². The largest absolute Gasteiger partial charge is 0.370 e. The first-order valence-corrected chi connectivity index (χ1v) is 10.7. The van der Waals surface area contributed by atoms with Crippen LogP contribution < -0.4 is 15.8 Å². The van der Waals surface area contributed by atoms with Crippen LogP contribution in [0.15, 0.2) is 52.4 Å². The molecule has 0 unspecified atom stereocenters. The number of rotatable bonds is 6. The zero-order chi connectivity index (χ0) is 19.3. The average Bonchev–Trinajstić information content (AvgIpc) is 2.66. The Hall–Kier alpha value is -2.09. The van der Waals surface area contributed by atoms with Crippen LogP contribution in [-0.2, 0) is 22.9 Å². The Morgan fingerprint density at radius 2 is 1.93 bits per heavy atom. The number of anilines is 1. The predicted octanol–water partition coefficient (Wildman–Crippen LogP) is 2.92. The van der Waals surface area contributed by atoms with Crippen LogP contribution in [0.3, 0.4) is 0 Å². The Bertz CT molecular complexity index is 944. The molecule has 6 nitrogen and oxygen atoms in total. The minimum absolute atomic E-state index is 0.126. The van der Waals surface area contributed by atoms with Crippen molar-refractivity contribution in [3.63, 3.8) is 0 Å². The second kappa shape index (κ2) is 8.73. The van der Waals surface area contributed by atoms with E-state index in [1.165, 1.54) is 36.1 Å². The molecule has 0 radical (unpaired) electrons. The molecule has 0 atom stereocenters. The van der Waals surface area contributed by atoms with Crippen molar-refractivity contribution in [3.8, 4) is 0 Å². The number of sulfonamides is 1. The van der Waals surface area contributed by atoms with Gasteiger partial charge >= 0.3 is 0 Å². The maximum atomic E-state index is 12.2. The summed E-state index contributed by atoms with van der Waals surface area (Å²) in [5, 5.41) is 3.51. The van der Waals surface area contributed by atoms with Crippen LogP contribution in [0.5, 0.6) is 0 Å². The third kappa shape index (κ3) is 5.22. The first-order valence-electron chi connectivity index (χ1n) is 8.89. The van der Waals surface area contributed by atoms with Crippen LogP contribution in [0.2, 0.25) is 5.02 Å². The number of fused-ring (bicyclic) bond motifs is 1. The number of benzene rings is 2. The molecular formula is C19H23ClN4O2S. The molecule has 144 valence electrons. The van der Waals surface area contributed by atoms with Crippen molar-refractivity contribution in [1.82, 2.24) is 4.72 Å². The van der Waals surface area contributed by atoms with E-state index in [0.29, 0.717) is 5.02 Å². The van der Waals surface area contributed by atoms with Gasteiger partial charge in [-0.05, 0) is 61.1 Å². The third-order valence-corrected chi connectivity index (χ3v) is 6.14. The molecule has 0 fully saturated rings. The van der Waals surface area contributed by atoms with Crippen LogP contribution in [0.1, 0.15) is 24.0 Å². The molecule has 2 aromatic rings. The Morgan fingerprint density at radius 1 is 1.15 bits per heavy atom. The van der Waals surface area contributed by atoms with E-state index >= 15 is 0 Å². The van der Waals surface area contributed by atoms with Gasteiger partial charge in [-0.25, -0.2) is 13.1 Å². The molecule has 0 saturated carbocycles. The maximum absolute atomic E-state index is 12.2. The van der Waals surface area contributed by atoms with E-state index in [0.717, 1.165) is 18.5 Å². The van der Waals surface area contributed by atoms with E-state index in [9.17, 15) is 8.42 Å². The van der Waals surface area contributed by atoms with Gasteiger partial charge in [0.1, 0.15) is 0 Å². The summed E-state index contributed by atoms with van der Waals surface area (Å²) in [5.41, 5.74) is 9.59. The van der Waals surface area contributed by atoms with Crippen LogP contribution in [-0.4, -0.2) is 27.5 Å². The van der Waals surface area contributed by atoms with Gasteiger partial charge in [0.25, 0.3) is 0 Å². The zero-order valence-corrected chi connectivity index (χ0v) is 16.5. The lowest BCUT2D eigenvalue weighted by molar-refractivity contribution is 0.582. The first kappa shape index (κ1) is 19.7. The van der Waals surface area contributed by atoms with Crippen molar-refractivity contribution in [3.05, 3.63) is 58.6 Å². The highest BCUT2D eigenvalue weighted by Crippen LogP contribution is 2.27. The molecule has 0 bridgehead atoms. The van der Waals surface area contributed by atoms with E-state index in [-0.39, 0.29) is 23.9 Å². The van der Waals surface area contributed by atoms with Crippen molar-refractivity contribution in [2.75, 3.05) is 18.4 Å². The second-order valence-electron chi connectivity index (χ2n) is 6.40. The number of hydrogen-bond acceptors (Lipinski definition) is 3. The van der Waals surface area contributed by atoms with Gasteiger partial charge in [-0.2, -0.15) is 0 Å². The van der Waals surface area contributed by atoms with Crippen molar-refractivity contribution in [2.45, 2.75) is 30.6 Å². The lowest BCUT2D eigenvalue weighted by Gasteiger charge is -2.19. The molecule has 3 rings (SSSR count). The Morgan fingerprint density at radius 3 is 2.74 bits per heavy atom. The number of nitrogens with one attached hydrogen (secondary N) is 2. The highest BCUT2D eigenvalue weighted by Gasteiger charge is 2.14. The van der Waals surface area contributed by atoms with Gasteiger partial charge in [0.15, 0.2) is 5.96 Å². The van der Waals surface area contributed by atoms with Gasteiger partial charge in [0, 0.05) is 17.3 Å². The molecule has 0 saturated heterocycles. The quantitative estimate of drug-likeness (QED) is 0.390. The molecular weight excluding hydrogens is 384 g/mol. The summed E-state index contributed by atoms with van der Waals surface area (Å²) < 4.78 is 26.9. The fourth-order valence-electron chi connectivity index (χ4n) is 3.15. The van der Waals surface area contributed by atoms with Gasteiger partial charge < -0.3 is 11.1 Å².